The second-order valence-corrected chi connectivity index (χ2v) is 5.36. The minimum atomic E-state index is -0.851. The molecule has 1 aliphatic rings. The quantitative estimate of drug-likeness (QED) is 0.885. The molecule has 3 heteroatoms. The molecule has 104 valence electrons. The van der Waals surface area contributed by atoms with E-state index < -0.39 is 5.97 Å². The molecule has 1 aliphatic heterocycles. The molecule has 19 heavy (non-hydrogen) atoms. The van der Waals surface area contributed by atoms with E-state index in [2.05, 4.69) is 4.90 Å². The molecule has 1 N–H and O–H groups in total. The first kappa shape index (κ1) is 14.1. The summed E-state index contributed by atoms with van der Waals surface area (Å²) in [6, 6.07) is 7.27. The van der Waals surface area contributed by atoms with E-state index in [1.807, 2.05) is 12.1 Å². The van der Waals surface area contributed by atoms with Gasteiger partial charge in [0.2, 0.25) is 0 Å². The van der Waals surface area contributed by atoms with E-state index in [9.17, 15) is 4.79 Å². The molecule has 0 unspecified atom stereocenters. The number of hydrogen-bond acceptors (Lipinski definition) is 2. The Balaban J connectivity index is 1.74. The fraction of sp³-hybridized carbons (Fsp3) is 0.562. The van der Waals surface area contributed by atoms with Crippen LogP contribution in [0.3, 0.4) is 0 Å². The van der Waals surface area contributed by atoms with Crippen molar-refractivity contribution in [1.29, 1.82) is 0 Å². The van der Waals surface area contributed by atoms with Gasteiger partial charge in [0, 0.05) is 0 Å². The summed E-state index contributed by atoms with van der Waals surface area (Å²) in [5, 5.41) is 8.84. The first-order chi connectivity index (χ1) is 9.25. The van der Waals surface area contributed by atoms with Gasteiger partial charge in [0.25, 0.3) is 0 Å². The Morgan fingerprint density at radius 2 is 1.68 bits per heavy atom. The van der Waals surface area contributed by atoms with Gasteiger partial charge in [-0.2, -0.15) is 0 Å². The van der Waals surface area contributed by atoms with Crippen LogP contribution in [0.5, 0.6) is 0 Å². The van der Waals surface area contributed by atoms with Gasteiger partial charge in [0.15, 0.2) is 0 Å². The van der Waals surface area contributed by atoms with Gasteiger partial charge >= 0.3 is 5.97 Å². The van der Waals surface area contributed by atoms with Crippen LogP contribution < -0.4 is 0 Å². The maximum Gasteiger partial charge on any atom is 0.335 e. The third-order valence-corrected chi connectivity index (χ3v) is 3.84. The summed E-state index contributed by atoms with van der Waals surface area (Å²) in [7, 11) is 0. The topological polar surface area (TPSA) is 40.5 Å². The Morgan fingerprint density at radius 1 is 1.05 bits per heavy atom. The largest absolute Gasteiger partial charge is 0.478 e. The van der Waals surface area contributed by atoms with E-state index in [4.69, 9.17) is 5.11 Å². The van der Waals surface area contributed by atoms with E-state index in [1.165, 1.54) is 50.9 Å². The lowest BCUT2D eigenvalue weighted by Crippen LogP contribution is -2.26. The number of nitrogens with zero attached hydrogens (tertiary/aromatic N) is 1. The zero-order valence-corrected chi connectivity index (χ0v) is 11.5. The van der Waals surface area contributed by atoms with Crippen LogP contribution in [0.15, 0.2) is 24.3 Å². The highest BCUT2D eigenvalue weighted by molar-refractivity contribution is 5.87. The van der Waals surface area contributed by atoms with Crippen molar-refractivity contribution in [2.75, 3.05) is 19.6 Å². The Hall–Kier alpha value is -1.35. The maximum absolute atomic E-state index is 10.8. The molecule has 1 heterocycles. The molecule has 0 spiro atoms. The predicted octanol–water partition coefficient (Wildman–Crippen LogP) is 3.19. The van der Waals surface area contributed by atoms with Gasteiger partial charge < -0.3 is 10.0 Å². The number of carboxylic acids is 1. The molecule has 1 aromatic rings. The fourth-order valence-electron chi connectivity index (χ4n) is 2.68. The fourth-order valence-corrected chi connectivity index (χ4v) is 2.68. The Kier molecular flexibility index (Phi) is 5.40. The van der Waals surface area contributed by atoms with Crippen molar-refractivity contribution in [3.63, 3.8) is 0 Å². The van der Waals surface area contributed by atoms with E-state index in [1.54, 1.807) is 12.1 Å². The predicted molar refractivity (Wildman–Crippen MR) is 76.6 cm³/mol. The number of likely N-dealkylation sites (tertiary alicyclic amines) is 1. The average Bonchev–Trinajstić information content (AvgIpc) is 2.68. The van der Waals surface area contributed by atoms with E-state index in [-0.39, 0.29) is 0 Å². The van der Waals surface area contributed by atoms with Crippen molar-refractivity contribution in [3.8, 4) is 0 Å². The standard InChI is InChI=1S/C16H23NO2/c18-16(19)15-9-7-14(8-10-15)6-5-13-17-11-3-1-2-4-12-17/h7-10H,1-6,11-13H2,(H,18,19). The molecule has 2 rings (SSSR count). The molecule has 0 radical (unpaired) electrons. The Labute approximate surface area is 115 Å². The van der Waals surface area contributed by atoms with Crippen molar-refractivity contribution >= 4 is 5.97 Å². The number of carboxylic acid groups (broad SMARTS) is 1. The molecular weight excluding hydrogens is 238 g/mol. The van der Waals surface area contributed by atoms with Crippen molar-refractivity contribution in [3.05, 3.63) is 35.4 Å². The highest BCUT2D eigenvalue weighted by atomic mass is 16.4. The van der Waals surface area contributed by atoms with Gasteiger partial charge in [-0.25, -0.2) is 4.79 Å². The summed E-state index contributed by atoms with van der Waals surface area (Å²) in [4.78, 5) is 13.3. The van der Waals surface area contributed by atoms with Gasteiger partial charge in [0.05, 0.1) is 5.56 Å². The van der Waals surface area contributed by atoms with Crippen LogP contribution in [-0.2, 0) is 6.42 Å². The number of aromatic carboxylic acids is 1. The number of hydrogen-bond donors (Lipinski definition) is 1. The molecule has 0 aromatic heterocycles. The number of aryl methyl sites for hydroxylation is 1. The van der Waals surface area contributed by atoms with E-state index in [0.29, 0.717) is 5.56 Å². The molecule has 1 fully saturated rings. The zero-order valence-electron chi connectivity index (χ0n) is 11.5. The monoisotopic (exact) mass is 261 g/mol. The van der Waals surface area contributed by atoms with E-state index in [0.717, 1.165) is 12.8 Å². The van der Waals surface area contributed by atoms with Gasteiger partial charge in [-0.1, -0.05) is 25.0 Å². The van der Waals surface area contributed by atoms with Gasteiger partial charge in [-0.05, 0) is 63.0 Å². The number of carbonyl (C=O) groups is 1. The smallest absolute Gasteiger partial charge is 0.335 e. The lowest BCUT2D eigenvalue weighted by atomic mass is 10.1. The van der Waals surface area contributed by atoms with Crippen LogP contribution in [0.2, 0.25) is 0 Å². The molecule has 1 saturated heterocycles. The second-order valence-electron chi connectivity index (χ2n) is 5.36. The lowest BCUT2D eigenvalue weighted by molar-refractivity contribution is 0.0697. The minimum absolute atomic E-state index is 0.372. The normalized spacial score (nSPS) is 17.1. The Bertz CT molecular complexity index is 392. The van der Waals surface area contributed by atoms with Crippen LogP contribution >= 0.6 is 0 Å². The second kappa shape index (κ2) is 7.29. The van der Waals surface area contributed by atoms with Crippen LogP contribution in [-0.4, -0.2) is 35.6 Å². The number of rotatable bonds is 5. The first-order valence-electron chi connectivity index (χ1n) is 7.30. The lowest BCUT2D eigenvalue weighted by Gasteiger charge is -2.19. The molecule has 0 atom stereocenters. The number of benzene rings is 1. The molecular formula is C16H23NO2. The molecule has 3 nitrogen and oxygen atoms in total. The van der Waals surface area contributed by atoms with Crippen molar-refractivity contribution in [2.24, 2.45) is 0 Å². The van der Waals surface area contributed by atoms with Gasteiger partial charge in [0.1, 0.15) is 0 Å². The van der Waals surface area contributed by atoms with Crippen molar-refractivity contribution in [2.45, 2.75) is 38.5 Å². The zero-order chi connectivity index (χ0) is 13.5. The van der Waals surface area contributed by atoms with Crippen LogP contribution in [0.4, 0.5) is 0 Å². The summed E-state index contributed by atoms with van der Waals surface area (Å²) in [5.41, 5.74) is 1.61. The summed E-state index contributed by atoms with van der Waals surface area (Å²) in [6.45, 7) is 3.66. The SMILES string of the molecule is O=C(O)c1ccc(CCCN2CCCCCC2)cc1. The average molecular weight is 261 g/mol. The summed E-state index contributed by atoms with van der Waals surface area (Å²) >= 11 is 0. The van der Waals surface area contributed by atoms with Crippen molar-refractivity contribution in [1.82, 2.24) is 4.90 Å². The minimum Gasteiger partial charge on any atom is -0.478 e. The van der Waals surface area contributed by atoms with Crippen LogP contribution in [0.25, 0.3) is 0 Å². The first-order valence-corrected chi connectivity index (χ1v) is 7.30. The molecule has 1 aromatic carbocycles. The van der Waals surface area contributed by atoms with E-state index >= 15 is 0 Å². The van der Waals surface area contributed by atoms with Gasteiger partial charge in [-0.3, -0.25) is 0 Å². The summed E-state index contributed by atoms with van der Waals surface area (Å²) < 4.78 is 0. The molecule has 0 bridgehead atoms. The molecule has 0 aliphatic carbocycles. The maximum atomic E-state index is 10.8. The van der Waals surface area contributed by atoms with Crippen LogP contribution in [0, 0.1) is 0 Å². The highest BCUT2D eigenvalue weighted by Crippen LogP contribution is 2.11. The summed E-state index contributed by atoms with van der Waals surface area (Å²) in [6.07, 6.45) is 7.64. The molecule has 0 saturated carbocycles. The highest BCUT2D eigenvalue weighted by Gasteiger charge is 2.08. The third kappa shape index (κ3) is 4.67. The van der Waals surface area contributed by atoms with Gasteiger partial charge in [-0.15, -0.1) is 0 Å². The van der Waals surface area contributed by atoms with Crippen molar-refractivity contribution < 1.29 is 9.90 Å². The molecule has 0 amide bonds. The van der Waals surface area contributed by atoms with Crippen LogP contribution in [0.1, 0.15) is 48.0 Å². The third-order valence-electron chi connectivity index (χ3n) is 3.84. The summed E-state index contributed by atoms with van der Waals surface area (Å²) in [5.74, 6) is -0.851. The Morgan fingerprint density at radius 3 is 2.26 bits per heavy atom.